The Morgan fingerprint density at radius 1 is 1.10 bits per heavy atom. The maximum Gasteiger partial charge on any atom is 0.358 e. The third-order valence-electron chi connectivity index (χ3n) is 2.86. The summed E-state index contributed by atoms with van der Waals surface area (Å²) < 4.78 is 11.7. The molecule has 0 fully saturated rings. The second-order valence-electron chi connectivity index (χ2n) is 4.12. The zero-order valence-electron chi connectivity index (χ0n) is 11.8. The highest BCUT2D eigenvalue weighted by Crippen LogP contribution is 2.26. The molecule has 2 rings (SSSR count). The van der Waals surface area contributed by atoms with Gasteiger partial charge in [-0.2, -0.15) is 0 Å². The molecule has 0 spiro atoms. The average molecular weight is 296 g/mol. The van der Waals surface area contributed by atoms with Crippen LogP contribution < -0.4 is 0 Å². The lowest BCUT2D eigenvalue weighted by Gasteiger charge is -2.02. The van der Waals surface area contributed by atoms with E-state index in [2.05, 4.69) is 4.98 Å². The fourth-order valence-electron chi connectivity index (χ4n) is 1.98. The minimum atomic E-state index is -0.446. The molecule has 0 bridgehead atoms. The smallest absolute Gasteiger partial charge is 0.358 e. The molecule has 0 atom stereocenters. The summed E-state index contributed by atoms with van der Waals surface area (Å²) in [6.45, 7) is 7.72. The van der Waals surface area contributed by atoms with Crippen LogP contribution in [0.15, 0.2) is 0 Å². The fourth-order valence-corrected chi connectivity index (χ4v) is 3.05. The van der Waals surface area contributed by atoms with E-state index in [9.17, 15) is 9.59 Å². The third kappa shape index (κ3) is 2.29. The van der Waals surface area contributed by atoms with E-state index < -0.39 is 5.97 Å². The van der Waals surface area contributed by atoms with E-state index >= 15 is 0 Å². The molecule has 0 aliphatic rings. The van der Waals surface area contributed by atoms with Crippen LogP contribution in [0.2, 0.25) is 0 Å². The van der Waals surface area contributed by atoms with Crippen LogP contribution in [0.1, 0.15) is 45.4 Å². The first-order valence-electron chi connectivity index (χ1n) is 6.33. The van der Waals surface area contributed by atoms with Gasteiger partial charge in [0.2, 0.25) is 0 Å². The molecule has 2 heterocycles. The number of esters is 2. The minimum Gasteiger partial charge on any atom is -0.462 e. The Balaban J connectivity index is 2.49. The molecule has 0 aromatic carbocycles. The van der Waals surface area contributed by atoms with Crippen molar-refractivity contribution < 1.29 is 19.1 Å². The number of fused-ring (bicyclic) bond motifs is 1. The molecule has 2 aromatic heterocycles. The highest BCUT2D eigenvalue weighted by Gasteiger charge is 2.24. The molecular weight excluding hydrogens is 280 g/mol. The van der Waals surface area contributed by atoms with E-state index in [-0.39, 0.29) is 11.7 Å². The van der Waals surface area contributed by atoms with Gasteiger partial charge in [0.1, 0.15) is 4.88 Å². The summed E-state index contributed by atoms with van der Waals surface area (Å²) in [6, 6.07) is 0. The zero-order valence-corrected chi connectivity index (χ0v) is 12.7. The van der Waals surface area contributed by atoms with Crippen molar-refractivity contribution in [3.63, 3.8) is 0 Å². The van der Waals surface area contributed by atoms with E-state index in [0.717, 1.165) is 5.69 Å². The van der Waals surface area contributed by atoms with Gasteiger partial charge in [0, 0.05) is 5.69 Å². The number of thiazole rings is 1. The van der Waals surface area contributed by atoms with Crippen LogP contribution in [0.25, 0.3) is 4.96 Å². The monoisotopic (exact) mass is 296 g/mol. The number of hydrogen-bond donors (Lipinski definition) is 0. The summed E-state index contributed by atoms with van der Waals surface area (Å²) >= 11 is 1.21. The van der Waals surface area contributed by atoms with Crippen molar-refractivity contribution in [1.29, 1.82) is 0 Å². The fraction of sp³-hybridized carbons (Fsp3) is 0.462. The Morgan fingerprint density at radius 2 is 1.70 bits per heavy atom. The van der Waals surface area contributed by atoms with Crippen molar-refractivity contribution in [2.75, 3.05) is 13.2 Å². The predicted octanol–water partition coefficient (Wildman–Crippen LogP) is 2.37. The summed E-state index contributed by atoms with van der Waals surface area (Å²) in [7, 11) is 0. The van der Waals surface area contributed by atoms with Crippen LogP contribution in [-0.2, 0) is 9.47 Å². The molecule has 108 valence electrons. The summed E-state index contributed by atoms with van der Waals surface area (Å²) in [4.78, 5) is 29.0. The molecule has 0 saturated carbocycles. The van der Waals surface area contributed by atoms with Gasteiger partial charge in [0.05, 0.1) is 18.9 Å². The summed E-state index contributed by atoms with van der Waals surface area (Å²) in [6.07, 6.45) is 0. The van der Waals surface area contributed by atoms with E-state index in [4.69, 9.17) is 9.47 Å². The van der Waals surface area contributed by atoms with E-state index in [1.807, 2.05) is 0 Å². The molecule has 2 aromatic rings. The standard InChI is InChI=1S/C13H16N2O4S/c1-5-18-11(16)9-7(3)15-8(4)10(12(17)19-6-2)20-13(15)14-9/h5-6H2,1-4H3. The summed E-state index contributed by atoms with van der Waals surface area (Å²) in [5.74, 6) is -0.810. The normalized spacial score (nSPS) is 10.8. The molecule has 7 heteroatoms. The SMILES string of the molecule is CCOC(=O)c1nc2sc(C(=O)OCC)c(C)n2c1C. The maximum atomic E-state index is 11.8. The van der Waals surface area contributed by atoms with E-state index in [0.29, 0.717) is 28.7 Å². The molecule has 20 heavy (non-hydrogen) atoms. The number of hydrogen-bond acceptors (Lipinski definition) is 6. The minimum absolute atomic E-state index is 0.289. The Labute approximate surface area is 120 Å². The lowest BCUT2D eigenvalue weighted by Crippen LogP contribution is -2.08. The first-order valence-corrected chi connectivity index (χ1v) is 7.15. The molecule has 0 aliphatic carbocycles. The number of carbonyl (C=O) groups excluding carboxylic acids is 2. The maximum absolute atomic E-state index is 11.8. The number of rotatable bonds is 4. The van der Waals surface area contributed by atoms with Crippen molar-refractivity contribution in [2.24, 2.45) is 0 Å². The van der Waals surface area contributed by atoms with Gasteiger partial charge >= 0.3 is 11.9 Å². The van der Waals surface area contributed by atoms with Crippen LogP contribution in [0.5, 0.6) is 0 Å². The molecule has 0 saturated heterocycles. The number of aryl methyl sites for hydroxylation is 2. The molecule has 0 unspecified atom stereocenters. The first kappa shape index (κ1) is 14.5. The summed E-state index contributed by atoms with van der Waals surface area (Å²) in [5, 5.41) is 0. The lowest BCUT2D eigenvalue weighted by molar-refractivity contribution is 0.0515. The molecule has 0 N–H and O–H groups in total. The van der Waals surface area contributed by atoms with Crippen LogP contribution in [0, 0.1) is 13.8 Å². The van der Waals surface area contributed by atoms with Gasteiger partial charge in [-0.05, 0) is 27.7 Å². The molecule has 0 radical (unpaired) electrons. The molecular formula is C13H16N2O4S. The van der Waals surface area contributed by atoms with E-state index in [1.54, 1.807) is 32.1 Å². The Kier molecular flexibility index (Phi) is 4.08. The second kappa shape index (κ2) is 5.62. The second-order valence-corrected chi connectivity index (χ2v) is 5.10. The number of imidazole rings is 1. The highest BCUT2D eigenvalue weighted by atomic mass is 32.1. The topological polar surface area (TPSA) is 69.9 Å². The van der Waals surface area contributed by atoms with Crippen molar-refractivity contribution in [1.82, 2.24) is 9.38 Å². The first-order chi connectivity index (χ1) is 9.51. The molecule has 0 aliphatic heterocycles. The highest BCUT2D eigenvalue weighted by molar-refractivity contribution is 7.19. The van der Waals surface area contributed by atoms with Gasteiger partial charge in [0.25, 0.3) is 0 Å². The van der Waals surface area contributed by atoms with Crippen LogP contribution in [-0.4, -0.2) is 34.5 Å². The van der Waals surface area contributed by atoms with E-state index in [1.165, 1.54) is 11.3 Å². The van der Waals surface area contributed by atoms with Crippen LogP contribution in [0.3, 0.4) is 0 Å². The van der Waals surface area contributed by atoms with Crippen molar-refractivity contribution in [3.8, 4) is 0 Å². The quantitative estimate of drug-likeness (QED) is 0.810. The van der Waals surface area contributed by atoms with Gasteiger partial charge in [-0.15, -0.1) is 0 Å². The Hall–Kier alpha value is -1.89. The number of ether oxygens (including phenoxy) is 2. The van der Waals surface area contributed by atoms with Gasteiger partial charge < -0.3 is 9.47 Å². The molecule has 0 amide bonds. The van der Waals surface area contributed by atoms with Gasteiger partial charge in [0.15, 0.2) is 10.7 Å². The van der Waals surface area contributed by atoms with Gasteiger partial charge in [-0.1, -0.05) is 11.3 Å². The predicted molar refractivity (Wildman–Crippen MR) is 74.5 cm³/mol. The largest absolute Gasteiger partial charge is 0.462 e. The van der Waals surface area contributed by atoms with Crippen molar-refractivity contribution in [2.45, 2.75) is 27.7 Å². The molecule has 6 nitrogen and oxygen atoms in total. The van der Waals surface area contributed by atoms with Crippen molar-refractivity contribution in [3.05, 3.63) is 22.0 Å². The zero-order chi connectivity index (χ0) is 14.9. The number of carbonyl (C=O) groups is 2. The van der Waals surface area contributed by atoms with Crippen molar-refractivity contribution >= 4 is 28.2 Å². The Bertz CT molecular complexity index is 618. The average Bonchev–Trinajstić information content (AvgIpc) is 2.89. The van der Waals surface area contributed by atoms with Crippen LogP contribution >= 0.6 is 11.3 Å². The van der Waals surface area contributed by atoms with Crippen LogP contribution in [0.4, 0.5) is 0 Å². The van der Waals surface area contributed by atoms with Gasteiger partial charge in [-0.25, -0.2) is 14.6 Å². The Morgan fingerprint density at radius 3 is 2.25 bits per heavy atom. The lowest BCUT2D eigenvalue weighted by atomic mass is 10.3. The summed E-state index contributed by atoms with van der Waals surface area (Å²) in [5.41, 5.74) is 1.68. The number of aromatic nitrogens is 2. The third-order valence-corrected chi connectivity index (χ3v) is 3.99. The van der Waals surface area contributed by atoms with Gasteiger partial charge in [-0.3, -0.25) is 4.40 Å². The number of nitrogens with zero attached hydrogens (tertiary/aromatic N) is 2.